The molecule has 0 N–H and O–H groups in total. The second-order valence-electron chi connectivity index (χ2n) is 5.22. The molecule has 0 fully saturated rings. The maximum Gasteiger partial charge on any atom is 0.258 e. The van der Waals surface area contributed by atoms with Crippen LogP contribution in [0.2, 0.25) is 0 Å². The number of pyridine rings is 1. The zero-order chi connectivity index (χ0) is 17.2. The number of fused-ring (bicyclic) bond motifs is 1. The van der Waals surface area contributed by atoms with Crippen molar-refractivity contribution >= 4 is 28.1 Å². The Morgan fingerprint density at radius 2 is 2.08 bits per heavy atom. The topological polar surface area (TPSA) is 78.0 Å². The Hall–Kier alpha value is -2.52. The molecule has 4 aromatic rings. The highest BCUT2D eigenvalue weighted by Crippen LogP contribution is 2.25. The van der Waals surface area contributed by atoms with Gasteiger partial charge in [-0.05, 0) is 19.1 Å². The summed E-state index contributed by atoms with van der Waals surface area (Å²) in [6.45, 7) is 2.81. The minimum absolute atomic E-state index is 0.0590. The predicted octanol–water partition coefficient (Wildman–Crippen LogP) is 2.72. The Bertz CT molecular complexity index is 1070. The fourth-order valence-corrected chi connectivity index (χ4v) is 4.13. The third-order valence-corrected chi connectivity index (χ3v) is 5.43. The molecule has 9 heteroatoms. The van der Waals surface area contributed by atoms with Gasteiger partial charge in [-0.15, -0.1) is 21.5 Å². The first-order valence-electron chi connectivity index (χ1n) is 7.68. The van der Waals surface area contributed by atoms with E-state index in [0.717, 1.165) is 28.8 Å². The first-order chi connectivity index (χ1) is 12.3. The van der Waals surface area contributed by atoms with Crippen molar-refractivity contribution in [2.24, 2.45) is 0 Å². The summed E-state index contributed by atoms with van der Waals surface area (Å²) in [6, 6.07) is 5.40. The summed E-state index contributed by atoms with van der Waals surface area (Å²) >= 11 is 2.98. The molecule has 0 saturated carbocycles. The molecule has 7 nitrogen and oxygen atoms in total. The predicted molar refractivity (Wildman–Crippen MR) is 97.8 cm³/mol. The van der Waals surface area contributed by atoms with Gasteiger partial charge in [0.2, 0.25) is 0 Å². The monoisotopic (exact) mass is 370 g/mol. The molecule has 0 atom stereocenters. The van der Waals surface area contributed by atoms with E-state index in [1.54, 1.807) is 29.1 Å². The normalized spacial score (nSPS) is 11.2. The van der Waals surface area contributed by atoms with Gasteiger partial charge in [0.05, 0.1) is 5.69 Å². The zero-order valence-electron chi connectivity index (χ0n) is 13.4. The lowest BCUT2D eigenvalue weighted by Gasteiger charge is -2.07. The number of rotatable bonds is 5. The van der Waals surface area contributed by atoms with Gasteiger partial charge in [0.25, 0.3) is 5.56 Å². The van der Waals surface area contributed by atoms with Gasteiger partial charge >= 0.3 is 0 Å². The standard InChI is InChI=1S/C16H14N6OS2/c1-2-21-14(11-3-5-17-6-4-11)19-20-16(21)25-10-12-9-13(23)22-7-8-24-15(22)18-12/h3-9H,2,10H2,1H3. The summed E-state index contributed by atoms with van der Waals surface area (Å²) in [4.78, 5) is 21.3. The van der Waals surface area contributed by atoms with Crippen molar-refractivity contribution in [1.82, 2.24) is 29.1 Å². The van der Waals surface area contributed by atoms with Crippen molar-refractivity contribution in [2.45, 2.75) is 24.4 Å². The fraction of sp³-hybridized carbons (Fsp3) is 0.188. The van der Waals surface area contributed by atoms with Crippen molar-refractivity contribution in [2.75, 3.05) is 0 Å². The van der Waals surface area contributed by atoms with Crippen LogP contribution in [0.4, 0.5) is 0 Å². The van der Waals surface area contributed by atoms with E-state index in [4.69, 9.17) is 0 Å². The van der Waals surface area contributed by atoms with Crippen molar-refractivity contribution < 1.29 is 0 Å². The minimum Gasteiger partial charge on any atom is -0.302 e. The summed E-state index contributed by atoms with van der Waals surface area (Å²) in [7, 11) is 0. The van der Waals surface area contributed by atoms with Crippen LogP contribution in [0.5, 0.6) is 0 Å². The maximum absolute atomic E-state index is 12.1. The van der Waals surface area contributed by atoms with Crippen LogP contribution in [0.1, 0.15) is 12.6 Å². The molecule has 4 aromatic heterocycles. The van der Waals surface area contributed by atoms with E-state index in [1.165, 1.54) is 23.1 Å². The molecule has 0 spiro atoms. The van der Waals surface area contributed by atoms with Crippen molar-refractivity contribution in [3.8, 4) is 11.4 Å². The SMILES string of the molecule is CCn1c(SCc2cc(=O)n3ccsc3n2)nnc1-c1ccncc1. The van der Waals surface area contributed by atoms with Crippen LogP contribution in [0, 0.1) is 0 Å². The van der Waals surface area contributed by atoms with E-state index in [9.17, 15) is 4.79 Å². The molecule has 0 amide bonds. The Balaban J connectivity index is 1.60. The van der Waals surface area contributed by atoms with E-state index in [2.05, 4.69) is 31.7 Å². The van der Waals surface area contributed by atoms with E-state index in [0.29, 0.717) is 10.7 Å². The van der Waals surface area contributed by atoms with Crippen molar-refractivity contribution in [3.63, 3.8) is 0 Å². The summed E-state index contributed by atoms with van der Waals surface area (Å²) in [5.74, 6) is 1.38. The minimum atomic E-state index is -0.0590. The van der Waals surface area contributed by atoms with E-state index < -0.39 is 0 Å². The second-order valence-corrected chi connectivity index (χ2v) is 7.03. The van der Waals surface area contributed by atoms with Crippen LogP contribution < -0.4 is 5.56 Å². The highest BCUT2D eigenvalue weighted by atomic mass is 32.2. The second kappa shape index (κ2) is 6.77. The molecule has 4 rings (SSSR count). The van der Waals surface area contributed by atoms with Gasteiger partial charge in [-0.25, -0.2) is 4.98 Å². The molecule has 0 aromatic carbocycles. The first kappa shape index (κ1) is 16.0. The molecular formula is C16H14N6OS2. The van der Waals surface area contributed by atoms with Crippen molar-refractivity contribution in [3.05, 3.63) is 58.2 Å². The van der Waals surface area contributed by atoms with Gasteiger partial charge < -0.3 is 4.57 Å². The lowest BCUT2D eigenvalue weighted by molar-refractivity contribution is 0.687. The molecule has 0 radical (unpaired) electrons. The number of hydrogen-bond donors (Lipinski definition) is 0. The van der Waals surface area contributed by atoms with Crippen LogP contribution >= 0.6 is 23.1 Å². The largest absolute Gasteiger partial charge is 0.302 e. The molecule has 0 aliphatic carbocycles. The average Bonchev–Trinajstić information content (AvgIpc) is 3.27. The maximum atomic E-state index is 12.1. The van der Waals surface area contributed by atoms with Crippen LogP contribution in [0.25, 0.3) is 16.3 Å². The molecule has 0 aliphatic rings. The number of nitrogens with zero attached hydrogens (tertiary/aromatic N) is 6. The van der Waals surface area contributed by atoms with Gasteiger partial charge in [0.15, 0.2) is 15.9 Å². The number of aromatic nitrogens is 6. The van der Waals surface area contributed by atoms with Crippen LogP contribution in [0.3, 0.4) is 0 Å². The van der Waals surface area contributed by atoms with E-state index in [-0.39, 0.29) is 5.56 Å². The van der Waals surface area contributed by atoms with E-state index in [1.807, 2.05) is 17.5 Å². The number of thiazole rings is 1. The zero-order valence-corrected chi connectivity index (χ0v) is 15.0. The molecule has 25 heavy (non-hydrogen) atoms. The summed E-state index contributed by atoms with van der Waals surface area (Å²) in [5, 5.41) is 11.3. The fourth-order valence-electron chi connectivity index (χ4n) is 2.50. The highest BCUT2D eigenvalue weighted by molar-refractivity contribution is 7.98. The smallest absolute Gasteiger partial charge is 0.258 e. The third-order valence-electron chi connectivity index (χ3n) is 3.68. The summed E-state index contributed by atoms with van der Waals surface area (Å²) in [5.41, 5.74) is 1.66. The Labute approximate surface area is 151 Å². The summed E-state index contributed by atoms with van der Waals surface area (Å²) in [6.07, 6.45) is 5.22. The van der Waals surface area contributed by atoms with Gasteiger partial charge in [0, 0.05) is 47.9 Å². The van der Waals surface area contributed by atoms with Gasteiger partial charge in [-0.3, -0.25) is 14.2 Å². The molecule has 0 saturated heterocycles. The molecule has 0 unspecified atom stereocenters. The molecule has 0 bridgehead atoms. The number of hydrogen-bond acceptors (Lipinski definition) is 7. The van der Waals surface area contributed by atoms with Crippen molar-refractivity contribution in [1.29, 1.82) is 0 Å². The van der Waals surface area contributed by atoms with Gasteiger partial charge in [-0.2, -0.15) is 0 Å². The molecule has 0 aliphatic heterocycles. The summed E-state index contributed by atoms with van der Waals surface area (Å²) < 4.78 is 3.60. The lowest BCUT2D eigenvalue weighted by Crippen LogP contribution is -2.12. The molecule has 126 valence electrons. The molecular weight excluding hydrogens is 356 g/mol. The van der Waals surface area contributed by atoms with Gasteiger partial charge in [-0.1, -0.05) is 11.8 Å². The Morgan fingerprint density at radius 1 is 1.24 bits per heavy atom. The molecule has 4 heterocycles. The third kappa shape index (κ3) is 3.08. The van der Waals surface area contributed by atoms with Crippen LogP contribution in [-0.2, 0) is 12.3 Å². The average molecular weight is 370 g/mol. The lowest BCUT2D eigenvalue weighted by atomic mass is 10.2. The Morgan fingerprint density at radius 3 is 2.88 bits per heavy atom. The van der Waals surface area contributed by atoms with Crippen LogP contribution in [0.15, 0.2) is 52.1 Å². The van der Waals surface area contributed by atoms with Crippen LogP contribution in [-0.4, -0.2) is 29.1 Å². The number of thioether (sulfide) groups is 1. The highest BCUT2D eigenvalue weighted by Gasteiger charge is 2.14. The quantitative estimate of drug-likeness (QED) is 0.503. The van der Waals surface area contributed by atoms with E-state index >= 15 is 0 Å². The first-order valence-corrected chi connectivity index (χ1v) is 9.55. The Kier molecular flexibility index (Phi) is 4.33. The van der Waals surface area contributed by atoms with Gasteiger partial charge in [0.1, 0.15) is 0 Å².